The standard InChI is InChI=1S/C14H14N4/c1-14(2,11-6-4-3-5-7-11)13-17-9-10(8-15)12(16)18-13/h3-7,9H,1-2H3,(H2,16,17,18). The summed E-state index contributed by atoms with van der Waals surface area (Å²) in [6.07, 6.45) is 1.47. The SMILES string of the molecule is CC(C)(c1ccccc1)c1ncc(C#N)c(N)n1. The fourth-order valence-corrected chi connectivity index (χ4v) is 1.77. The highest BCUT2D eigenvalue weighted by Crippen LogP contribution is 2.29. The first-order chi connectivity index (χ1) is 8.55. The van der Waals surface area contributed by atoms with Crippen molar-refractivity contribution in [2.75, 3.05) is 5.73 Å². The third-order valence-electron chi connectivity index (χ3n) is 2.99. The van der Waals surface area contributed by atoms with E-state index in [0.717, 1.165) is 5.56 Å². The highest BCUT2D eigenvalue weighted by atomic mass is 15.0. The Labute approximate surface area is 106 Å². The predicted octanol–water partition coefficient (Wildman–Crippen LogP) is 2.26. The Morgan fingerprint density at radius 2 is 1.89 bits per heavy atom. The highest BCUT2D eigenvalue weighted by Gasteiger charge is 2.26. The molecule has 0 atom stereocenters. The summed E-state index contributed by atoms with van der Waals surface area (Å²) in [7, 11) is 0. The van der Waals surface area contributed by atoms with Crippen molar-refractivity contribution in [3.8, 4) is 6.07 Å². The van der Waals surface area contributed by atoms with Gasteiger partial charge in [-0.3, -0.25) is 0 Å². The molecule has 90 valence electrons. The molecule has 0 aliphatic carbocycles. The molecule has 0 fully saturated rings. The number of rotatable bonds is 2. The van der Waals surface area contributed by atoms with Gasteiger partial charge >= 0.3 is 0 Å². The van der Waals surface area contributed by atoms with Gasteiger partial charge in [0.25, 0.3) is 0 Å². The zero-order chi connectivity index (χ0) is 13.2. The third kappa shape index (κ3) is 2.03. The van der Waals surface area contributed by atoms with Crippen molar-refractivity contribution in [1.82, 2.24) is 9.97 Å². The molecule has 0 spiro atoms. The van der Waals surface area contributed by atoms with E-state index < -0.39 is 0 Å². The van der Waals surface area contributed by atoms with Crippen LogP contribution in [0.2, 0.25) is 0 Å². The Bertz CT molecular complexity index is 597. The normalized spacial score (nSPS) is 10.9. The van der Waals surface area contributed by atoms with Gasteiger partial charge in [-0.05, 0) is 19.4 Å². The van der Waals surface area contributed by atoms with Gasteiger partial charge in [0, 0.05) is 5.41 Å². The molecule has 0 saturated heterocycles. The van der Waals surface area contributed by atoms with Gasteiger partial charge in [-0.1, -0.05) is 30.3 Å². The molecule has 2 rings (SSSR count). The van der Waals surface area contributed by atoms with E-state index in [9.17, 15) is 0 Å². The van der Waals surface area contributed by atoms with Gasteiger partial charge in [-0.15, -0.1) is 0 Å². The lowest BCUT2D eigenvalue weighted by Crippen LogP contribution is -2.23. The monoisotopic (exact) mass is 238 g/mol. The molecule has 2 aromatic rings. The summed E-state index contributed by atoms with van der Waals surface area (Å²) >= 11 is 0. The summed E-state index contributed by atoms with van der Waals surface area (Å²) in [6.45, 7) is 4.06. The predicted molar refractivity (Wildman–Crippen MR) is 69.7 cm³/mol. The second kappa shape index (κ2) is 4.46. The van der Waals surface area contributed by atoms with Gasteiger partial charge in [0.1, 0.15) is 23.3 Å². The zero-order valence-corrected chi connectivity index (χ0v) is 10.4. The Morgan fingerprint density at radius 3 is 2.44 bits per heavy atom. The van der Waals surface area contributed by atoms with Crippen LogP contribution in [0.1, 0.15) is 30.8 Å². The number of hydrogen-bond donors (Lipinski definition) is 1. The van der Waals surface area contributed by atoms with Crippen LogP contribution < -0.4 is 5.73 Å². The fraction of sp³-hybridized carbons (Fsp3) is 0.214. The summed E-state index contributed by atoms with van der Waals surface area (Å²) < 4.78 is 0. The second-order valence-corrected chi connectivity index (χ2v) is 4.60. The summed E-state index contributed by atoms with van der Waals surface area (Å²) in [5, 5.41) is 8.82. The lowest BCUT2D eigenvalue weighted by molar-refractivity contribution is 0.591. The molecular formula is C14H14N4. The topological polar surface area (TPSA) is 75.6 Å². The van der Waals surface area contributed by atoms with Crippen molar-refractivity contribution in [1.29, 1.82) is 5.26 Å². The Morgan fingerprint density at radius 1 is 1.22 bits per heavy atom. The molecule has 0 bridgehead atoms. The van der Waals surface area contributed by atoms with Gasteiger partial charge in [-0.2, -0.15) is 5.26 Å². The van der Waals surface area contributed by atoms with Crippen LogP contribution in [-0.2, 0) is 5.41 Å². The molecule has 4 heteroatoms. The minimum absolute atomic E-state index is 0.228. The second-order valence-electron chi connectivity index (χ2n) is 4.60. The molecule has 0 unspecified atom stereocenters. The number of benzene rings is 1. The first-order valence-electron chi connectivity index (χ1n) is 5.64. The molecule has 4 nitrogen and oxygen atoms in total. The maximum atomic E-state index is 8.82. The van der Waals surface area contributed by atoms with Gasteiger partial charge in [0.05, 0.1) is 6.20 Å². The Hall–Kier alpha value is -2.41. The van der Waals surface area contributed by atoms with Gasteiger partial charge in [-0.25, -0.2) is 9.97 Å². The molecule has 0 aliphatic rings. The summed E-state index contributed by atoms with van der Waals surface area (Å²) in [6, 6.07) is 11.9. The van der Waals surface area contributed by atoms with Crippen LogP contribution in [0.25, 0.3) is 0 Å². The smallest absolute Gasteiger partial charge is 0.145 e. The lowest BCUT2D eigenvalue weighted by atomic mass is 9.84. The molecular weight excluding hydrogens is 224 g/mol. The van der Waals surface area contributed by atoms with Crippen molar-refractivity contribution >= 4 is 5.82 Å². The van der Waals surface area contributed by atoms with E-state index in [1.165, 1.54) is 6.20 Å². The highest BCUT2D eigenvalue weighted by molar-refractivity contribution is 5.47. The van der Waals surface area contributed by atoms with Crippen LogP contribution in [0.4, 0.5) is 5.82 Å². The van der Waals surface area contributed by atoms with E-state index in [1.54, 1.807) is 0 Å². The molecule has 1 aromatic heterocycles. The average molecular weight is 238 g/mol. The molecule has 0 radical (unpaired) electrons. The Kier molecular flexibility index (Phi) is 2.99. The van der Waals surface area contributed by atoms with E-state index in [4.69, 9.17) is 11.0 Å². The van der Waals surface area contributed by atoms with Crippen LogP contribution in [0.3, 0.4) is 0 Å². The number of nitriles is 1. The maximum Gasteiger partial charge on any atom is 0.145 e. The molecule has 0 saturated carbocycles. The molecule has 2 N–H and O–H groups in total. The van der Waals surface area contributed by atoms with Gasteiger partial charge in [0.15, 0.2) is 0 Å². The number of anilines is 1. The first-order valence-corrected chi connectivity index (χ1v) is 5.64. The molecule has 0 aliphatic heterocycles. The van der Waals surface area contributed by atoms with E-state index in [-0.39, 0.29) is 11.2 Å². The van der Waals surface area contributed by atoms with Crippen molar-refractivity contribution in [3.63, 3.8) is 0 Å². The van der Waals surface area contributed by atoms with Crippen LogP contribution >= 0.6 is 0 Å². The van der Waals surface area contributed by atoms with Crippen LogP contribution in [0.15, 0.2) is 36.5 Å². The largest absolute Gasteiger partial charge is 0.382 e. The number of hydrogen-bond acceptors (Lipinski definition) is 4. The maximum absolute atomic E-state index is 8.82. The van der Waals surface area contributed by atoms with E-state index in [0.29, 0.717) is 11.4 Å². The minimum Gasteiger partial charge on any atom is -0.382 e. The number of nitrogen functional groups attached to an aromatic ring is 1. The summed E-state index contributed by atoms with van der Waals surface area (Å²) in [5.74, 6) is 0.844. The van der Waals surface area contributed by atoms with Crippen molar-refractivity contribution in [3.05, 3.63) is 53.5 Å². The van der Waals surface area contributed by atoms with Crippen LogP contribution in [0.5, 0.6) is 0 Å². The van der Waals surface area contributed by atoms with Crippen molar-refractivity contribution < 1.29 is 0 Å². The van der Waals surface area contributed by atoms with Crippen LogP contribution in [-0.4, -0.2) is 9.97 Å². The van der Waals surface area contributed by atoms with Crippen molar-refractivity contribution in [2.24, 2.45) is 0 Å². The third-order valence-corrected chi connectivity index (χ3v) is 2.99. The first kappa shape index (κ1) is 12.1. The zero-order valence-electron chi connectivity index (χ0n) is 10.4. The molecule has 18 heavy (non-hydrogen) atoms. The molecule has 0 amide bonds. The van der Waals surface area contributed by atoms with Crippen molar-refractivity contribution in [2.45, 2.75) is 19.3 Å². The number of nitrogens with zero attached hydrogens (tertiary/aromatic N) is 3. The van der Waals surface area contributed by atoms with Gasteiger partial charge in [0.2, 0.25) is 0 Å². The van der Waals surface area contributed by atoms with Crippen LogP contribution in [0, 0.1) is 11.3 Å². The van der Waals surface area contributed by atoms with E-state index in [2.05, 4.69) is 9.97 Å². The number of nitrogens with two attached hydrogens (primary N) is 1. The fourth-order valence-electron chi connectivity index (χ4n) is 1.77. The summed E-state index contributed by atoms with van der Waals surface area (Å²) in [4.78, 5) is 8.48. The minimum atomic E-state index is -0.344. The molecule has 1 heterocycles. The Balaban J connectivity index is 2.49. The van der Waals surface area contributed by atoms with Gasteiger partial charge < -0.3 is 5.73 Å². The average Bonchev–Trinajstić information content (AvgIpc) is 2.39. The van der Waals surface area contributed by atoms with E-state index in [1.807, 2.05) is 50.2 Å². The summed E-state index contributed by atoms with van der Waals surface area (Å²) in [5.41, 5.74) is 6.80. The molecule has 1 aromatic carbocycles. The number of aromatic nitrogens is 2. The lowest BCUT2D eigenvalue weighted by Gasteiger charge is -2.23. The van der Waals surface area contributed by atoms with E-state index >= 15 is 0 Å². The quantitative estimate of drug-likeness (QED) is 0.870.